The number of hydrogen-bond donors (Lipinski definition) is 0. The number of halogens is 3. The number of carbonyl (C=O) groups excluding carboxylic acids is 1. The van der Waals surface area contributed by atoms with Crippen molar-refractivity contribution in [3.63, 3.8) is 0 Å². The number of carbonyl (C=O) groups is 1. The van der Waals surface area contributed by atoms with E-state index in [2.05, 4.69) is 4.74 Å². The van der Waals surface area contributed by atoms with E-state index in [0.717, 1.165) is 0 Å². The van der Waals surface area contributed by atoms with Gasteiger partial charge in [-0.1, -0.05) is 29.3 Å². The maximum absolute atomic E-state index is 13.8. The second-order valence-corrected chi connectivity index (χ2v) is 5.68. The van der Waals surface area contributed by atoms with Crippen LogP contribution in [0.3, 0.4) is 0 Å². The molecule has 0 aromatic heterocycles. The van der Waals surface area contributed by atoms with E-state index in [1.54, 1.807) is 24.3 Å². The molecule has 0 heterocycles. The molecule has 128 valence electrons. The standard InChI is InChI=1S/C18H12Cl2FNO3/c1-24-18(23)12(9-22)7-11-8-13(19)5-6-17(11)25-10-14-15(20)3-2-4-16(14)21/h2-8H,10H2,1H3/b12-7-. The van der Waals surface area contributed by atoms with Gasteiger partial charge in [0, 0.05) is 16.1 Å². The Hall–Kier alpha value is -2.55. The Kier molecular flexibility index (Phi) is 6.40. The third-order valence-electron chi connectivity index (χ3n) is 3.23. The van der Waals surface area contributed by atoms with Crippen LogP contribution in [-0.4, -0.2) is 13.1 Å². The van der Waals surface area contributed by atoms with E-state index in [-0.39, 0.29) is 22.8 Å². The monoisotopic (exact) mass is 379 g/mol. The van der Waals surface area contributed by atoms with E-state index in [1.807, 2.05) is 0 Å². The largest absolute Gasteiger partial charge is 0.488 e. The summed E-state index contributed by atoms with van der Waals surface area (Å²) >= 11 is 11.9. The molecule has 0 atom stereocenters. The summed E-state index contributed by atoms with van der Waals surface area (Å²) in [5, 5.41) is 9.68. The zero-order valence-electron chi connectivity index (χ0n) is 13.1. The molecule has 2 aromatic carbocycles. The first-order chi connectivity index (χ1) is 12.0. The van der Waals surface area contributed by atoms with Gasteiger partial charge >= 0.3 is 5.97 Å². The van der Waals surface area contributed by atoms with Crippen LogP contribution in [0.1, 0.15) is 11.1 Å². The fraction of sp³-hybridized carbons (Fsp3) is 0.111. The second kappa shape index (κ2) is 8.52. The number of ether oxygens (including phenoxy) is 2. The maximum atomic E-state index is 13.8. The molecule has 0 fully saturated rings. The molecule has 0 amide bonds. The molecule has 0 radical (unpaired) electrons. The maximum Gasteiger partial charge on any atom is 0.348 e. The number of rotatable bonds is 5. The first kappa shape index (κ1) is 18.8. The normalized spacial score (nSPS) is 10.9. The third kappa shape index (κ3) is 4.72. The Labute approximate surface area is 154 Å². The number of nitriles is 1. The minimum Gasteiger partial charge on any atom is -0.488 e. The quantitative estimate of drug-likeness (QED) is 0.425. The van der Waals surface area contributed by atoms with Gasteiger partial charge in [-0.25, -0.2) is 9.18 Å². The van der Waals surface area contributed by atoms with Gasteiger partial charge in [-0.3, -0.25) is 0 Å². The first-order valence-electron chi connectivity index (χ1n) is 7.01. The molecule has 0 saturated heterocycles. The van der Waals surface area contributed by atoms with E-state index in [9.17, 15) is 9.18 Å². The van der Waals surface area contributed by atoms with E-state index in [1.165, 1.54) is 31.4 Å². The summed E-state index contributed by atoms with van der Waals surface area (Å²) in [6.07, 6.45) is 1.29. The highest BCUT2D eigenvalue weighted by atomic mass is 35.5. The lowest BCUT2D eigenvalue weighted by molar-refractivity contribution is -0.135. The van der Waals surface area contributed by atoms with Gasteiger partial charge < -0.3 is 9.47 Å². The van der Waals surface area contributed by atoms with Crippen LogP contribution in [0.5, 0.6) is 5.75 Å². The molecule has 7 heteroatoms. The highest BCUT2D eigenvalue weighted by molar-refractivity contribution is 6.31. The average molecular weight is 380 g/mol. The predicted octanol–water partition coefficient (Wildman–Crippen LogP) is 4.79. The van der Waals surface area contributed by atoms with Gasteiger partial charge in [-0.05, 0) is 36.4 Å². The summed E-state index contributed by atoms with van der Waals surface area (Å²) in [5.41, 5.74) is 0.350. The predicted molar refractivity (Wildman–Crippen MR) is 92.8 cm³/mol. The lowest BCUT2D eigenvalue weighted by atomic mass is 10.1. The molecule has 25 heavy (non-hydrogen) atoms. The van der Waals surface area contributed by atoms with E-state index in [0.29, 0.717) is 16.3 Å². The lowest BCUT2D eigenvalue weighted by Crippen LogP contribution is -2.04. The highest BCUT2D eigenvalue weighted by Gasteiger charge is 2.13. The van der Waals surface area contributed by atoms with Crippen LogP contribution in [0, 0.1) is 17.1 Å². The van der Waals surface area contributed by atoms with Gasteiger partial charge in [0.15, 0.2) is 0 Å². The molecule has 2 aromatic rings. The van der Waals surface area contributed by atoms with Crippen LogP contribution in [0.4, 0.5) is 4.39 Å². The summed E-state index contributed by atoms with van der Waals surface area (Å²) in [5.74, 6) is -0.975. The molecule has 0 spiro atoms. The number of benzene rings is 2. The average Bonchev–Trinajstić information content (AvgIpc) is 2.60. The smallest absolute Gasteiger partial charge is 0.348 e. The topological polar surface area (TPSA) is 59.3 Å². The SMILES string of the molecule is COC(=O)/C(C#N)=C\c1cc(Cl)ccc1OCc1c(F)cccc1Cl. The Morgan fingerprint density at radius 1 is 1.32 bits per heavy atom. The lowest BCUT2D eigenvalue weighted by Gasteiger charge is -2.12. The van der Waals surface area contributed by atoms with Crippen molar-refractivity contribution in [2.75, 3.05) is 7.11 Å². The zero-order valence-corrected chi connectivity index (χ0v) is 14.6. The van der Waals surface area contributed by atoms with Crippen molar-refractivity contribution in [1.82, 2.24) is 0 Å². The van der Waals surface area contributed by atoms with Gasteiger partial charge in [0.25, 0.3) is 0 Å². The molecule has 0 aliphatic heterocycles. The molecule has 0 saturated carbocycles. The first-order valence-corrected chi connectivity index (χ1v) is 7.77. The van der Waals surface area contributed by atoms with Crippen LogP contribution in [-0.2, 0) is 16.1 Å². The van der Waals surface area contributed by atoms with E-state index in [4.69, 9.17) is 33.2 Å². The number of esters is 1. The van der Waals surface area contributed by atoms with Gasteiger partial charge in [0.1, 0.15) is 29.8 Å². The van der Waals surface area contributed by atoms with Crippen molar-refractivity contribution in [1.29, 1.82) is 5.26 Å². The van der Waals surface area contributed by atoms with Crippen LogP contribution in [0.25, 0.3) is 6.08 Å². The van der Waals surface area contributed by atoms with Crippen molar-refractivity contribution >= 4 is 35.2 Å². The Balaban J connectivity index is 2.35. The molecular formula is C18H12Cl2FNO3. The van der Waals surface area contributed by atoms with Crippen molar-refractivity contribution in [2.45, 2.75) is 6.61 Å². The van der Waals surface area contributed by atoms with Crippen molar-refractivity contribution < 1.29 is 18.7 Å². The molecule has 0 unspecified atom stereocenters. The summed E-state index contributed by atoms with van der Waals surface area (Å²) in [4.78, 5) is 11.6. The van der Waals surface area contributed by atoms with Gasteiger partial charge in [0.05, 0.1) is 12.1 Å². The summed E-state index contributed by atoms with van der Waals surface area (Å²) in [7, 11) is 1.17. The second-order valence-electron chi connectivity index (χ2n) is 4.83. The summed E-state index contributed by atoms with van der Waals surface area (Å²) < 4.78 is 24.0. The van der Waals surface area contributed by atoms with Crippen LogP contribution >= 0.6 is 23.2 Å². The molecule has 0 aliphatic rings. The van der Waals surface area contributed by atoms with Crippen molar-refractivity contribution in [3.05, 3.63) is 69.0 Å². The third-order valence-corrected chi connectivity index (χ3v) is 3.82. The fourth-order valence-corrected chi connectivity index (χ4v) is 2.38. The molecule has 0 bridgehead atoms. The van der Waals surface area contributed by atoms with Gasteiger partial charge in [-0.2, -0.15) is 5.26 Å². The Morgan fingerprint density at radius 3 is 2.72 bits per heavy atom. The van der Waals surface area contributed by atoms with Gasteiger partial charge in [-0.15, -0.1) is 0 Å². The Bertz CT molecular complexity index is 855. The van der Waals surface area contributed by atoms with Gasteiger partial charge in [0.2, 0.25) is 0 Å². The van der Waals surface area contributed by atoms with Crippen LogP contribution in [0.15, 0.2) is 42.0 Å². The Morgan fingerprint density at radius 2 is 2.08 bits per heavy atom. The molecular weight excluding hydrogens is 368 g/mol. The minimum absolute atomic E-state index is 0.131. The minimum atomic E-state index is -0.787. The van der Waals surface area contributed by atoms with E-state index >= 15 is 0 Å². The fourth-order valence-electron chi connectivity index (χ4n) is 1.99. The van der Waals surface area contributed by atoms with Crippen molar-refractivity contribution in [2.24, 2.45) is 0 Å². The number of methoxy groups -OCH3 is 1. The van der Waals surface area contributed by atoms with E-state index < -0.39 is 11.8 Å². The molecule has 0 aliphatic carbocycles. The number of nitrogens with zero attached hydrogens (tertiary/aromatic N) is 1. The molecule has 0 N–H and O–H groups in total. The summed E-state index contributed by atoms with van der Waals surface area (Å²) in [6.45, 7) is -0.131. The molecule has 2 rings (SSSR count). The van der Waals surface area contributed by atoms with Crippen LogP contribution < -0.4 is 4.74 Å². The zero-order chi connectivity index (χ0) is 18.4. The van der Waals surface area contributed by atoms with Crippen LogP contribution in [0.2, 0.25) is 10.0 Å². The van der Waals surface area contributed by atoms with Crippen molar-refractivity contribution in [3.8, 4) is 11.8 Å². The molecule has 4 nitrogen and oxygen atoms in total. The highest BCUT2D eigenvalue weighted by Crippen LogP contribution is 2.28. The number of hydrogen-bond acceptors (Lipinski definition) is 4. The summed E-state index contributed by atoms with van der Waals surface area (Å²) in [6, 6.07) is 10.7.